The van der Waals surface area contributed by atoms with Gasteiger partial charge < -0.3 is 0 Å². The summed E-state index contributed by atoms with van der Waals surface area (Å²) in [5.41, 5.74) is 0.0475. The fourth-order valence-corrected chi connectivity index (χ4v) is 4.95. The monoisotopic (exact) mass is 289 g/mol. The minimum atomic E-state index is 0.0475. The summed E-state index contributed by atoms with van der Waals surface area (Å²) >= 11 is 0. The van der Waals surface area contributed by atoms with Gasteiger partial charge in [0, 0.05) is 0 Å². The maximum atomic E-state index is 9.61. The van der Waals surface area contributed by atoms with E-state index in [0.29, 0.717) is 0 Å². The summed E-state index contributed by atoms with van der Waals surface area (Å²) in [5.74, 6) is 2.95. The van der Waals surface area contributed by atoms with Gasteiger partial charge in [-0.2, -0.15) is 5.26 Å². The highest BCUT2D eigenvalue weighted by Gasteiger charge is 2.38. The zero-order chi connectivity index (χ0) is 15.1. The lowest BCUT2D eigenvalue weighted by Crippen LogP contribution is -2.31. The van der Waals surface area contributed by atoms with Gasteiger partial charge in [-0.15, -0.1) is 0 Å². The molecule has 120 valence electrons. The van der Waals surface area contributed by atoms with E-state index in [2.05, 4.69) is 19.9 Å². The van der Waals surface area contributed by atoms with Crippen LogP contribution in [-0.2, 0) is 0 Å². The normalized spacial score (nSPS) is 37.1. The van der Waals surface area contributed by atoms with Gasteiger partial charge in [0.05, 0.1) is 11.5 Å². The molecule has 0 aromatic carbocycles. The van der Waals surface area contributed by atoms with Crippen molar-refractivity contribution in [1.29, 1.82) is 5.26 Å². The number of rotatable bonds is 6. The first-order chi connectivity index (χ1) is 10.2. The molecular weight excluding hydrogens is 254 g/mol. The summed E-state index contributed by atoms with van der Waals surface area (Å²) in [6.45, 7) is 4.57. The second-order valence-corrected chi connectivity index (χ2v) is 7.90. The van der Waals surface area contributed by atoms with E-state index in [-0.39, 0.29) is 5.41 Å². The van der Waals surface area contributed by atoms with E-state index in [1.807, 2.05) is 0 Å². The molecule has 0 amide bonds. The summed E-state index contributed by atoms with van der Waals surface area (Å²) in [6, 6.07) is 2.70. The molecule has 21 heavy (non-hydrogen) atoms. The summed E-state index contributed by atoms with van der Waals surface area (Å²) in [5, 5.41) is 9.61. The zero-order valence-corrected chi connectivity index (χ0v) is 14.4. The van der Waals surface area contributed by atoms with Crippen molar-refractivity contribution in [2.45, 2.75) is 97.3 Å². The number of unbranched alkanes of at least 4 members (excludes halogenated alkanes) is 1. The number of hydrogen-bond acceptors (Lipinski definition) is 1. The molecule has 2 aliphatic carbocycles. The molecule has 0 heterocycles. The van der Waals surface area contributed by atoms with Crippen molar-refractivity contribution >= 4 is 0 Å². The summed E-state index contributed by atoms with van der Waals surface area (Å²) in [7, 11) is 0. The van der Waals surface area contributed by atoms with E-state index in [1.165, 1.54) is 77.0 Å². The van der Waals surface area contributed by atoms with Gasteiger partial charge >= 0.3 is 0 Å². The topological polar surface area (TPSA) is 23.8 Å². The molecule has 0 N–H and O–H groups in total. The highest BCUT2D eigenvalue weighted by atomic mass is 14.4. The lowest BCUT2D eigenvalue weighted by Gasteiger charge is -2.40. The number of hydrogen-bond donors (Lipinski definition) is 0. The predicted molar refractivity (Wildman–Crippen MR) is 89.9 cm³/mol. The molecule has 0 atom stereocenters. The van der Waals surface area contributed by atoms with Crippen molar-refractivity contribution in [3.05, 3.63) is 0 Å². The molecule has 0 spiro atoms. The van der Waals surface area contributed by atoms with Crippen LogP contribution < -0.4 is 0 Å². The minimum Gasteiger partial charge on any atom is -0.198 e. The van der Waals surface area contributed by atoms with Gasteiger partial charge in [0.1, 0.15) is 0 Å². The van der Waals surface area contributed by atoms with Crippen LogP contribution in [-0.4, -0.2) is 0 Å². The molecule has 2 rings (SSSR count). The van der Waals surface area contributed by atoms with Gasteiger partial charge in [-0.3, -0.25) is 0 Å². The van der Waals surface area contributed by atoms with Gasteiger partial charge in [-0.25, -0.2) is 0 Å². The van der Waals surface area contributed by atoms with Gasteiger partial charge in [-0.05, 0) is 62.7 Å². The minimum absolute atomic E-state index is 0.0475. The highest BCUT2D eigenvalue weighted by Crippen LogP contribution is 2.47. The Labute approximate surface area is 132 Å². The smallest absolute Gasteiger partial charge is 0.0689 e. The molecule has 0 unspecified atom stereocenters. The molecule has 0 aliphatic heterocycles. The first-order valence-electron chi connectivity index (χ1n) is 9.64. The maximum absolute atomic E-state index is 9.61. The summed E-state index contributed by atoms with van der Waals surface area (Å²) in [6.07, 6.45) is 17.4. The van der Waals surface area contributed by atoms with Crippen LogP contribution in [0.5, 0.6) is 0 Å². The Hall–Kier alpha value is -0.510. The van der Waals surface area contributed by atoms with Gasteiger partial charge in [0.15, 0.2) is 0 Å². The number of nitriles is 1. The fraction of sp³-hybridized carbons (Fsp3) is 0.950. The van der Waals surface area contributed by atoms with Gasteiger partial charge in [0.2, 0.25) is 0 Å². The molecule has 1 heteroatoms. The van der Waals surface area contributed by atoms with Crippen molar-refractivity contribution < 1.29 is 0 Å². The zero-order valence-electron chi connectivity index (χ0n) is 14.4. The lowest BCUT2D eigenvalue weighted by molar-refractivity contribution is 0.115. The molecule has 2 fully saturated rings. The van der Waals surface area contributed by atoms with Crippen molar-refractivity contribution in [2.75, 3.05) is 0 Å². The molecule has 0 aromatic heterocycles. The number of nitrogens with zero attached hydrogens (tertiary/aromatic N) is 1. The molecule has 2 saturated carbocycles. The largest absolute Gasteiger partial charge is 0.198 e. The Balaban J connectivity index is 1.78. The van der Waals surface area contributed by atoms with Crippen molar-refractivity contribution in [1.82, 2.24) is 0 Å². The Bertz CT molecular complexity index is 324. The third-order valence-corrected chi connectivity index (χ3v) is 6.49. The molecule has 0 aromatic rings. The van der Waals surface area contributed by atoms with Crippen LogP contribution in [0.2, 0.25) is 0 Å². The standard InChI is InChI=1S/C20H35N/c1-3-5-13-20(16-21)14-11-19(12-15-20)18-9-7-17(6-4-2)8-10-18/h17-19H,3-15H2,1-2H3. The van der Waals surface area contributed by atoms with E-state index in [0.717, 1.165) is 24.2 Å². The van der Waals surface area contributed by atoms with E-state index >= 15 is 0 Å². The van der Waals surface area contributed by atoms with E-state index in [9.17, 15) is 5.26 Å². The predicted octanol–water partition coefficient (Wildman–Crippen LogP) is 6.48. The van der Waals surface area contributed by atoms with Crippen LogP contribution >= 0.6 is 0 Å². The fourth-order valence-electron chi connectivity index (χ4n) is 4.95. The SMILES string of the molecule is CCCCC1(C#N)CCC(C2CCC(CCC)CC2)CC1. The molecule has 0 bridgehead atoms. The van der Waals surface area contributed by atoms with Crippen LogP contribution in [0.25, 0.3) is 0 Å². The first kappa shape index (κ1) is 16.9. The lowest BCUT2D eigenvalue weighted by atomic mass is 9.63. The third kappa shape index (κ3) is 4.48. The van der Waals surface area contributed by atoms with E-state index in [4.69, 9.17) is 0 Å². The Kier molecular flexibility index (Phi) is 6.59. The second-order valence-electron chi connectivity index (χ2n) is 7.90. The molecular formula is C20H35N. The van der Waals surface area contributed by atoms with Gasteiger partial charge in [-0.1, -0.05) is 52.4 Å². The third-order valence-electron chi connectivity index (χ3n) is 6.49. The average Bonchev–Trinajstić information content (AvgIpc) is 2.55. The average molecular weight is 290 g/mol. The molecule has 1 nitrogen and oxygen atoms in total. The Morgan fingerprint density at radius 1 is 0.905 bits per heavy atom. The Morgan fingerprint density at radius 2 is 1.52 bits per heavy atom. The maximum Gasteiger partial charge on any atom is 0.0689 e. The second kappa shape index (κ2) is 8.21. The molecule has 0 radical (unpaired) electrons. The van der Waals surface area contributed by atoms with Crippen LogP contribution in [0, 0.1) is 34.5 Å². The van der Waals surface area contributed by atoms with Crippen LogP contribution in [0.4, 0.5) is 0 Å². The van der Waals surface area contributed by atoms with Crippen LogP contribution in [0.1, 0.15) is 97.3 Å². The molecule has 2 aliphatic rings. The summed E-state index contributed by atoms with van der Waals surface area (Å²) in [4.78, 5) is 0. The van der Waals surface area contributed by atoms with Gasteiger partial charge in [0.25, 0.3) is 0 Å². The summed E-state index contributed by atoms with van der Waals surface area (Å²) < 4.78 is 0. The Morgan fingerprint density at radius 3 is 2.05 bits per heavy atom. The van der Waals surface area contributed by atoms with E-state index < -0.39 is 0 Å². The highest BCUT2D eigenvalue weighted by molar-refractivity contribution is 5.02. The van der Waals surface area contributed by atoms with Crippen LogP contribution in [0.3, 0.4) is 0 Å². The quantitative estimate of drug-likeness (QED) is 0.548. The van der Waals surface area contributed by atoms with Crippen molar-refractivity contribution in [3.63, 3.8) is 0 Å². The van der Waals surface area contributed by atoms with Crippen molar-refractivity contribution in [3.8, 4) is 6.07 Å². The van der Waals surface area contributed by atoms with E-state index in [1.54, 1.807) is 0 Å². The molecule has 0 saturated heterocycles. The van der Waals surface area contributed by atoms with Crippen LogP contribution in [0.15, 0.2) is 0 Å². The van der Waals surface area contributed by atoms with Crippen molar-refractivity contribution in [2.24, 2.45) is 23.2 Å². The first-order valence-corrected chi connectivity index (χ1v) is 9.64.